The molecule has 1 N–H and O–H groups in total. The lowest BCUT2D eigenvalue weighted by molar-refractivity contribution is -0.0204. The first-order valence-corrected chi connectivity index (χ1v) is 9.91. The van der Waals surface area contributed by atoms with Crippen LogP contribution in [0.15, 0.2) is 91.0 Å². The summed E-state index contributed by atoms with van der Waals surface area (Å²) >= 11 is 0. The van der Waals surface area contributed by atoms with Crippen LogP contribution < -0.4 is 0 Å². The summed E-state index contributed by atoms with van der Waals surface area (Å²) in [6.45, 7) is 1.80. The highest BCUT2D eigenvalue weighted by Crippen LogP contribution is 2.40. The number of aliphatic hydroxyl groups is 1. The van der Waals surface area contributed by atoms with Crippen LogP contribution >= 0.6 is 0 Å². The highest BCUT2D eigenvalue weighted by molar-refractivity contribution is 5.47. The van der Waals surface area contributed by atoms with Crippen molar-refractivity contribution in [1.29, 1.82) is 0 Å². The summed E-state index contributed by atoms with van der Waals surface area (Å²) in [6.07, 6.45) is 0. The maximum Gasteiger partial charge on any atom is 0.171 e. The van der Waals surface area contributed by atoms with E-state index in [1.807, 2.05) is 54.6 Å². The van der Waals surface area contributed by atoms with Crippen LogP contribution in [0.4, 0.5) is 0 Å². The lowest BCUT2D eigenvalue weighted by Gasteiger charge is -2.36. The minimum atomic E-state index is -0.854. The summed E-state index contributed by atoms with van der Waals surface area (Å²) in [6, 6.07) is 29.9. The minimum Gasteiger partial charge on any atom is -0.394 e. The lowest BCUT2D eigenvalue weighted by atomic mass is 9.80. The number of benzene rings is 3. The van der Waals surface area contributed by atoms with Gasteiger partial charge in [0.15, 0.2) is 5.82 Å². The molecule has 4 aromatic rings. The molecule has 0 saturated carbocycles. The number of nitrogens with zero attached hydrogens (tertiary/aromatic N) is 4. The van der Waals surface area contributed by atoms with Crippen LogP contribution in [0, 0.1) is 6.92 Å². The van der Waals surface area contributed by atoms with Gasteiger partial charge in [-0.1, -0.05) is 91.0 Å². The van der Waals surface area contributed by atoms with Gasteiger partial charge in [-0.25, -0.2) is 0 Å². The largest absolute Gasteiger partial charge is 0.394 e. The van der Waals surface area contributed by atoms with Crippen molar-refractivity contribution in [3.05, 3.63) is 114 Å². The van der Waals surface area contributed by atoms with E-state index in [-0.39, 0.29) is 13.2 Å². The number of hydrogen-bond acceptors (Lipinski definition) is 5. The Morgan fingerprint density at radius 3 is 1.67 bits per heavy atom. The molecule has 0 amide bonds. The average Bonchev–Trinajstić information content (AvgIpc) is 3.25. The molecular formula is C24H24N4O2. The number of aromatic nitrogens is 4. The average molecular weight is 400 g/mol. The summed E-state index contributed by atoms with van der Waals surface area (Å²) < 4.78 is 6.72. The summed E-state index contributed by atoms with van der Waals surface area (Å²) in [5, 5.41) is 22.2. The van der Waals surface area contributed by atoms with Gasteiger partial charge in [-0.3, -0.25) is 0 Å². The number of aryl methyl sites for hydroxylation is 1. The second-order valence-electron chi connectivity index (χ2n) is 7.08. The third-order valence-corrected chi connectivity index (χ3v) is 5.10. The molecule has 1 atom stereocenters. The Balaban J connectivity index is 1.82. The summed E-state index contributed by atoms with van der Waals surface area (Å²) in [5.41, 5.74) is 2.15. The summed E-state index contributed by atoms with van der Waals surface area (Å²) in [4.78, 5) is 1.42. The molecule has 1 heterocycles. The zero-order valence-corrected chi connectivity index (χ0v) is 16.8. The molecule has 0 saturated heterocycles. The van der Waals surface area contributed by atoms with Crippen LogP contribution in [0.5, 0.6) is 0 Å². The van der Waals surface area contributed by atoms with Crippen LogP contribution in [-0.4, -0.2) is 38.5 Å². The zero-order chi connectivity index (χ0) is 20.8. The molecule has 3 aromatic carbocycles. The number of ether oxygens (including phenoxy) is 1. The molecule has 0 bridgehead atoms. The standard InChI is InChI=1S/C24H24N4O2/c1-19-25-27-28(26-19)23(17-29)18-30-24(20-11-5-2-6-12-20,21-13-7-3-8-14-21)22-15-9-4-10-16-22/h2-16,23,29H,17-18H2,1H3. The van der Waals surface area contributed by atoms with E-state index in [1.54, 1.807) is 6.92 Å². The van der Waals surface area contributed by atoms with Crippen molar-refractivity contribution in [3.8, 4) is 0 Å². The molecule has 30 heavy (non-hydrogen) atoms. The first kappa shape index (κ1) is 19.9. The van der Waals surface area contributed by atoms with E-state index >= 15 is 0 Å². The number of tetrazole rings is 1. The zero-order valence-electron chi connectivity index (χ0n) is 16.8. The first-order chi connectivity index (χ1) is 14.7. The molecular weight excluding hydrogens is 376 g/mol. The molecule has 0 radical (unpaired) electrons. The van der Waals surface area contributed by atoms with Gasteiger partial charge in [0.2, 0.25) is 0 Å². The van der Waals surface area contributed by atoms with Crippen molar-refractivity contribution in [2.45, 2.75) is 18.6 Å². The highest BCUT2D eigenvalue weighted by Gasteiger charge is 2.38. The van der Waals surface area contributed by atoms with E-state index in [2.05, 4.69) is 51.8 Å². The number of rotatable bonds is 8. The second kappa shape index (κ2) is 8.98. The Hall–Kier alpha value is -3.35. The molecule has 0 spiro atoms. The van der Waals surface area contributed by atoms with Gasteiger partial charge in [-0.2, -0.15) is 4.80 Å². The number of aliphatic hydroxyl groups excluding tert-OH is 1. The predicted octanol–water partition coefficient (Wildman–Crippen LogP) is 3.52. The fraction of sp³-hybridized carbons (Fsp3) is 0.208. The smallest absolute Gasteiger partial charge is 0.171 e. The fourth-order valence-electron chi connectivity index (χ4n) is 3.64. The van der Waals surface area contributed by atoms with Crippen LogP contribution in [0.25, 0.3) is 0 Å². The predicted molar refractivity (Wildman–Crippen MR) is 114 cm³/mol. The van der Waals surface area contributed by atoms with Gasteiger partial charge in [0.05, 0.1) is 13.2 Å². The van der Waals surface area contributed by atoms with Crippen molar-refractivity contribution >= 4 is 0 Å². The van der Waals surface area contributed by atoms with Crippen molar-refractivity contribution in [3.63, 3.8) is 0 Å². The molecule has 152 valence electrons. The molecule has 1 unspecified atom stereocenters. The molecule has 1 aromatic heterocycles. The third-order valence-electron chi connectivity index (χ3n) is 5.10. The van der Waals surface area contributed by atoms with Gasteiger partial charge >= 0.3 is 0 Å². The lowest BCUT2D eigenvalue weighted by Crippen LogP contribution is -2.36. The maximum absolute atomic E-state index is 9.99. The van der Waals surface area contributed by atoms with Gasteiger partial charge < -0.3 is 9.84 Å². The highest BCUT2D eigenvalue weighted by atomic mass is 16.5. The van der Waals surface area contributed by atoms with E-state index in [1.165, 1.54) is 4.80 Å². The Labute approximate surface area is 175 Å². The summed E-state index contributed by atoms with van der Waals surface area (Å²) in [7, 11) is 0. The van der Waals surface area contributed by atoms with Gasteiger partial charge in [-0.15, -0.1) is 10.2 Å². The molecule has 4 rings (SSSR count). The van der Waals surface area contributed by atoms with Crippen molar-refractivity contribution in [2.75, 3.05) is 13.2 Å². The Kier molecular flexibility index (Phi) is 5.97. The van der Waals surface area contributed by atoms with Crippen LogP contribution in [0.1, 0.15) is 28.6 Å². The second-order valence-corrected chi connectivity index (χ2v) is 7.08. The van der Waals surface area contributed by atoms with Crippen LogP contribution in [0.3, 0.4) is 0 Å². The van der Waals surface area contributed by atoms with E-state index in [4.69, 9.17) is 4.74 Å². The van der Waals surface area contributed by atoms with Crippen LogP contribution in [0.2, 0.25) is 0 Å². The fourth-order valence-corrected chi connectivity index (χ4v) is 3.64. The maximum atomic E-state index is 9.99. The third kappa shape index (κ3) is 3.87. The van der Waals surface area contributed by atoms with Gasteiger partial charge in [0.1, 0.15) is 11.6 Å². The van der Waals surface area contributed by atoms with Crippen molar-refractivity contribution in [2.24, 2.45) is 0 Å². The van der Waals surface area contributed by atoms with Crippen LogP contribution in [-0.2, 0) is 10.3 Å². The van der Waals surface area contributed by atoms with E-state index in [0.717, 1.165) is 16.7 Å². The van der Waals surface area contributed by atoms with E-state index in [0.29, 0.717) is 5.82 Å². The van der Waals surface area contributed by atoms with Crippen molar-refractivity contribution in [1.82, 2.24) is 20.2 Å². The Morgan fingerprint density at radius 1 is 0.833 bits per heavy atom. The molecule has 6 nitrogen and oxygen atoms in total. The van der Waals surface area contributed by atoms with Gasteiger partial charge in [0.25, 0.3) is 0 Å². The topological polar surface area (TPSA) is 73.1 Å². The molecule has 0 aliphatic rings. The minimum absolute atomic E-state index is 0.162. The number of hydrogen-bond donors (Lipinski definition) is 1. The molecule has 0 fully saturated rings. The molecule has 0 aliphatic carbocycles. The molecule has 6 heteroatoms. The quantitative estimate of drug-likeness (QED) is 0.458. The SMILES string of the molecule is Cc1nnn(C(CO)COC(c2ccccc2)(c2ccccc2)c2ccccc2)n1. The Bertz CT molecular complexity index is 956. The first-order valence-electron chi connectivity index (χ1n) is 9.91. The summed E-state index contributed by atoms with van der Waals surface area (Å²) in [5.74, 6) is 0.550. The van der Waals surface area contributed by atoms with Gasteiger partial charge in [0, 0.05) is 0 Å². The monoisotopic (exact) mass is 400 g/mol. The van der Waals surface area contributed by atoms with E-state index < -0.39 is 11.6 Å². The normalized spacial score (nSPS) is 12.6. The van der Waals surface area contributed by atoms with Gasteiger partial charge in [-0.05, 0) is 28.8 Å². The van der Waals surface area contributed by atoms with Crippen molar-refractivity contribution < 1.29 is 9.84 Å². The van der Waals surface area contributed by atoms with E-state index in [9.17, 15) is 5.11 Å². The molecule has 0 aliphatic heterocycles. The Morgan fingerprint density at radius 2 is 1.30 bits per heavy atom.